The molecule has 1 aromatic carbocycles. The number of nitrogens with two attached hydrogens (primary N) is 1. The zero-order valence-electron chi connectivity index (χ0n) is 9.39. The summed E-state index contributed by atoms with van der Waals surface area (Å²) in [6, 6.07) is 6.53. The Morgan fingerprint density at radius 2 is 2.13 bits per heavy atom. The van der Waals surface area contributed by atoms with Gasteiger partial charge in [0.05, 0.1) is 0 Å². The third-order valence-corrected chi connectivity index (χ3v) is 3.12. The van der Waals surface area contributed by atoms with Crippen molar-refractivity contribution in [1.29, 1.82) is 0 Å². The lowest BCUT2D eigenvalue weighted by molar-refractivity contribution is 0.509. The maximum atomic E-state index is 5.69. The van der Waals surface area contributed by atoms with Crippen LogP contribution < -0.4 is 11.3 Å². The van der Waals surface area contributed by atoms with E-state index in [0.29, 0.717) is 5.88 Å². The number of hydrazine groups is 1. The highest BCUT2D eigenvalue weighted by molar-refractivity contribution is 6.17. The minimum absolute atomic E-state index is 0.212. The SMILES string of the molecule is Cc1cccc(C(CCCCl)NN)c1C. The molecule has 1 rings (SSSR count). The van der Waals surface area contributed by atoms with Gasteiger partial charge in [0, 0.05) is 11.9 Å². The van der Waals surface area contributed by atoms with Gasteiger partial charge in [-0.25, -0.2) is 0 Å². The summed E-state index contributed by atoms with van der Waals surface area (Å²) in [5, 5.41) is 0. The van der Waals surface area contributed by atoms with Crippen LogP contribution in [-0.4, -0.2) is 5.88 Å². The van der Waals surface area contributed by atoms with Gasteiger partial charge in [-0.1, -0.05) is 18.2 Å². The zero-order valence-corrected chi connectivity index (χ0v) is 10.1. The summed E-state index contributed by atoms with van der Waals surface area (Å²) in [7, 11) is 0. The Balaban J connectivity index is 2.86. The molecule has 0 spiro atoms. The minimum Gasteiger partial charge on any atom is -0.271 e. The minimum atomic E-state index is 0.212. The predicted octanol–water partition coefficient (Wildman–Crippen LogP) is 2.83. The van der Waals surface area contributed by atoms with Gasteiger partial charge in [-0.15, -0.1) is 11.6 Å². The first-order valence-corrected chi connectivity index (χ1v) is 5.82. The predicted molar refractivity (Wildman–Crippen MR) is 65.9 cm³/mol. The Morgan fingerprint density at radius 3 is 2.73 bits per heavy atom. The van der Waals surface area contributed by atoms with Crippen LogP contribution in [0.3, 0.4) is 0 Å². The molecule has 0 aliphatic rings. The molecule has 1 atom stereocenters. The molecule has 0 aliphatic heterocycles. The number of hydrogen-bond donors (Lipinski definition) is 2. The molecule has 1 unspecified atom stereocenters. The Morgan fingerprint density at radius 1 is 1.40 bits per heavy atom. The van der Waals surface area contributed by atoms with Crippen molar-refractivity contribution in [1.82, 2.24) is 5.43 Å². The summed E-state index contributed by atoms with van der Waals surface area (Å²) >= 11 is 5.69. The van der Waals surface area contributed by atoms with Gasteiger partial charge < -0.3 is 0 Å². The second-order valence-electron chi connectivity index (χ2n) is 3.84. The number of alkyl halides is 1. The molecule has 2 nitrogen and oxygen atoms in total. The molecule has 0 fully saturated rings. The smallest absolute Gasteiger partial charge is 0.0463 e. The molecule has 0 bridgehead atoms. The summed E-state index contributed by atoms with van der Waals surface area (Å²) in [6.45, 7) is 4.25. The van der Waals surface area contributed by atoms with E-state index in [4.69, 9.17) is 17.4 Å². The largest absolute Gasteiger partial charge is 0.271 e. The molecule has 0 aliphatic carbocycles. The van der Waals surface area contributed by atoms with Crippen molar-refractivity contribution in [2.75, 3.05) is 5.88 Å². The lowest BCUT2D eigenvalue weighted by atomic mass is 9.95. The van der Waals surface area contributed by atoms with E-state index in [2.05, 4.69) is 37.5 Å². The summed E-state index contributed by atoms with van der Waals surface area (Å²) in [4.78, 5) is 0. The fourth-order valence-electron chi connectivity index (χ4n) is 1.76. The standard InChI is InChI=1S/C12H19ClN2/c1-9-5-3-6-11(10(9)2)12(15-14)7-4-8-13/h3,5-6,12,15H,4,7-8,14H2,1-2H3. The number of hydrogen-bond acceptors (Lipinski definition) is 2. The van der Waals surface area contributed by atoms with Crippen LogP contribution in [0.15, 0.2) is 18.2 Å². The van der Waals surface area contributed by atoms with Crippen molar-refractivity contribution in [2.24, 2.45) is 5.84 Å². The molecule has 0 saturated heterocycles. The molecular weight excluding hydrogens is 208 g/mol. The summed E-state index contributed by atoms with van der Waals surface area (Å²) in [5.41, 5.74) is 6.76. The van der Waals surface area contributed by atoms with Crippen molar-refractivity contribution in [3.05, 3.63) is 34.9 Å². The van der Waals surface area contributed by atoms with Crippen LogP contribution >= 0.6 is 11.6 Å². The summed E-state index contributed by atoms with van der Waals surface area (Å²) in [6.07, 6.45) is 1.95. The van der Waals surface area contributed by atoms with Crippen molar-refractivity contribution >= 4 is 11.6 Å². The maximum absolute atomic E-state index is 5.69. The second kappa shape index (κ2) is 6.11. The van der Waals surface area contributed by atoms with Gasteiger partial charge in [-0.05, 0) is 43.4 Å². The Hall–Kier alpha value is -0.570. The first-order chi connectivity index (χ1) is 7.20. The highest BCUT2D eigenvalue weighted by atomic mass is 35.5. The Labute approximate surface area is 96.8 Å². The fourth-order valence-corrected chi connectivity index (χ4v) is 1.92. The fraction of sp³-hybridized carbons (Fsp3) is 0.500. The van der Waals surface area contributed by atoms with Crippen LogP contribution in [0.1, 0.15) is 35.6 Å². The van der Waals surface area contributed by atoms with Gasteiger partial charge >= 0.3 is 0 Å². The molecule has 84 valence electrons. The quantitative estimate of drug-likeness (QED) is 0.460. The van der Waals surface area contributed by atoms with Crippen LogP contribution in [0, 0.1) is 13.8 Å². The van der Waals surface area contributed by atoms with Crippen molar-refractivity contribution < 1.29 is 0 Å². The molecule has 15 heavy (non-hydrogen) atoms. The van der Waals surface area contributed by atoms with E-state index in [0.717, 1.165) is 12.8 Å². The molecule has 3 N–H and O–H groups in total. The monoisotopic (exact) mass is 226 g/mol. The van der Waals surface area contributed by atoms with Crippen molar-refractivity contribution in [2.45, 2.75) is 32.7 Å². The van der Waals surface area contributed by atoms with E-state index in [1.54, 1.807) is 0 Å². The number of rotatable bonds is 5. The first-order valence-electron chi connectivity index (χ1n) is 5.29. The molecule has 1 aromatic rings. The number of halogens is 1. The number of aryl methyl sites for hydroxylation is 1. The van der Waals surface area contributed by atoms with E-state index in [1.165, 1.54) is 16.7 Å². The number of benzene rings is 1. The van der Waals surface area contributed by atoms with Crippen LogP contribution in [-0.2, 0) is 0 Å². The van der Waals surface area contributed by atoms with E-state index < -0.39 is 0 Å². The van der Waals surface area contributed by atoms with Crippen LogP contribution in [0.5, 0.6) is 0 Å². The molecule has 0 amide bonds. The zero-order chi connectivity index (χ0) is 11.3. The normalized spacial score (nSPS) is 12.8. The Bertz CT molecular complexity index is 312. The molecule has 0 heterocycles. The van der Waals surface area contributed by atoms with Crippen LogP contribution in [0.4, 0.5) is 0 Å². The average molecular weight is 227 g/mol. The third-order valence-electron chi connectivity index (χ3n) is 2.85. The van der Waals surface area contributed by atoms with Gasteiger partial charge in [0.15, 0.2) is 0 Å². The molecule has 0 aromatic heterocycles. The average Bonchev–Trinajstić information content (AvgIpc) is 2.25. The molecule has 3 heteroatoms. The molecule has 0 radical (unpaired) electrons. The van der Waals surface area contributed by atoms with E-state index >= 15 is 0 Å². The maximum Gasteiger partial charge on any atom is 0.0463 e. The lowest BCUT2D eigenvalue weighted by Gasteiger charge is -2.19. The molecular formula is C12H19ClN2. The van der Waals surface area contributed by atoms with Gasteiger partial charge in [0.25, 0.3) is 0 Å². The van der Waals surface area contributed by atoms with Crippen LogP contribution in [0.2, 0.25) is 0 Å². The van der Waals surface area contributed by atoms with E-state index in [9.17, 15) is 0 Å². The van der Waals surface area contributed by atoms with Gasteiger partial charge in [-0.3, -0.25) is 11.3 Å². The highest BCUT2D eigenvalue weighted by Gasteiger charge is 2.12. The second-order valence-corrected chi connectivity index (χ2v) is 4.22. The lowest BCUT2D eigenvalue weighted by Crippen LogP contribution is -2.28. The van der Waals surface area contributed by atoms with Gasteiger partial charge in [0.1, 0.15) is 0 Å². The van der Waals surface area contributed by atoms with Crippen LogP contribution in [0.25, 0.3) is 0 Å². The summed E-state index contributed by atoms with van der Waals surface area (Å²) < 4.78 is 0. The number of nitrogens with one attached hydrogen (secondary N) is 1. The van der Waals surface area contributed by atoms with Crippen molar-refractivity contribution in [3.63, 3.8) is 0 Å². The van der Waals surface area contributed by atoms with Crippen molar-refractivity contribution in [3.8, 4) is 0 Å². The molecule has 0 saturated carbocycles. The third kappa shape index (κ3) is 3.20. The van der Waals surface area contributed by atoms with Gasteiger partial charge in [-0.2, -0.15) is 0 Å². The van der Waals surface area contributed by atoms with Gasteiger partial charge in [0.2, 0.25) is 0 Å². The highest BCUT2D eigenvalue weighted by Crippen LogP contribution is 2.23. The first kappa shape index (κ1) is 12.5. The summed E-state index contributed by atoms with van der Waals surface area (Å²) in [5.74, 6) is 6.26. The van der Waals surface area contributed by atoms with E-state index in [1.807, 2.05) is 0 Å². The van der Waals surface area contributed by atoms with E-state index in [-0.39, 0.29) is 6.04 Å². The Kier molecular flexibility index (Phi) is 5.09. The topological polar surface area (TPSA) is 38.0 Å².